The summed E-state index contributed by atoms with van der Waals surface area (Å²) in [6.45, 7) is 5.16. The lowest BCUT2D eigenvalue weighted by Gasteiger charge is -2.15. The van der Waals surface area contributed by atoms with Crippen molar-refractivity contribution in [3.05, 3.63) is 0 Å². The van der Waals surface area contributed by atoms with E-state index in [2.05, 4.69) is 13.8 Å². The molecule has 0 amide bonds. The Bertz CT molecular complexity index is 224. The van der Waals surface area contributed by atoms with Gasteiger partial charge in [0.2, 0.25) is 0 Å². The average molecular weight is 256 g/mol. The number of rotatable bonds is 11. The van der Waals surface area contributed by atoms with Gasteiger partial charge < -0.3 is 9.47 Å². The fourth-order valence-corrected chi connectivity index (χ4v) is 2.14. The topological polar surface area (TPSA) is 38.8 Å². The molecule has 0 aromatic rings. The van der Waals surface area contributed by atoms with E-state index in [4.69, 9.17) is 9.47 Å². The summed E-state index contributed by atoms with van der Waals surface area (Å²) in [5.74, 6) is -0.0131. The second-order valence-electron chi connectivity index (χ2n) is 5.22. The fraction of sp³-hybridized carbons (Fsp3) is 0.933. The Balaban J connectivity index is 1.91. The third-order valence-corrected chi connectivity index (χ3v) is 3.42. The molecule has 0 bridgehead atoms. The van der Waals surface area contributed by atoms with Crippen LogP contribution in [0.2, 0.25) is 0 Å². The number of epoxide rings is 1. The van der Waals surface area contributed by atoms with Gasteiger partial charge in [-0.3, -0.25) is 4.79 Å². The highest BCUT2D eigenvalue weighted by Gasteiger charge is 2.20. The normalized spacial score (nSPS) is 19.6. The van der Waals surface area contributed by atoms with Gasteiger partial charge in [0.1, 0.15) is 6.10 Å². The van der Waals surface area contributed by atoms with Crippen LogP contribution in [0.15, 0.2) is 0 Å². The molecule has 0 aliphatic carbocycles. The van der Waals surface area contributed by atoms with Crippen molar-refractivity contribution in [1.82, 2.24) is 0 Å². The average Bonchev–Trinajstić information content (AvgIpc) is 3.17. The first-order valence-electron chi connectivity index (χ1n) is 7.57. The molecular formula is C15H28O3. The van der Waals surface area contributed by atoms with Crippen LogP contribution < -0.4 is 0 Å². The minimum Gasteiger partial charge on any atom is -0.462 e. The molecule has 0 radical (unpaired) electrons. The van der Waals surface area contributed by atoms with Gasteiger partial charge >= 0.3 is 5.97 Å². The molecule has 1 heterocycles. The number of carbonyl (C=O) groups excluding carboxylic acids is 1. The van der Waals surface area contributed by atoms with Crippen molar-refractivity contribution in [2.45, 2.75) is 83.8 Å². The number of hydrogen-bond acceptors (Lipinski definition) is 3. The zero-order chi connectivity index (χ0) is 13.2. The Morgan fingerprint density at radius 1 is 1.28 bits per heavy atom. The van der Waals surface area contributed by atoms with Crippen LogP contribution in [0.5, 0.6) is 0 Å². The summed E-state index contributed by atoms with van der Waals surface area (Å²) in [4.78, 5) is 11.6. The summed E-state index contributed by atoms with van der Waals surface area (Å²) in [6.07, 6.45) is 9.99. The second kappa shape index (κ2) is 9.37. The maximum Gasteiger partial charge on any atom is 0.306 e. The van der Waals surface area contributed by atoms with Crippen molar-refractivity contribution in [1.29, 1.82) is 0 Å². The molecule has 0 N–H and O–H groups in total. The third-order valence-electron chi connectivity index (χ3n) is 3.42. The first kappa shape index (κ1) is 15.5. The van der Waals surface area contributed by atoms with Crippen LogP contribution in [0.4, 0.5) is 0 Å². The third kappa shape index (κ3) is 7.70. The van der Waals surface area contributed by atoms with Crippen LogP contribution in [0.3, 0.4) is 0 Å². The molecule has 0 spiro atoms. The van der Waals surface area contributed by atoms with Gasteiger partial charge in [-0.15, -0.1) is 0 Å². The molecular weight excluding hydrogens is 228 g/mol. The van der Waals surface area contributed by atoms with E-state index in [0.717, 1.165) is 38.7 Å². The lowest BCUT2D eigenvalue weighted by molar-refractivity contribution is -0.149. The van der Waals surface area contributed by atoms with Gasteiger partial charge in [-0.1, -0.05) is 39.5 Å². The quantitative estimate of drug-likeness (QED) is 0.320. The van der Waals surface area contributed by atoms with Crippen LogP contribution in [0.1, 0.15) is 71.6 Å². The van der Waals surface area contributed by atoms with Crippen LogP contribution in [0, 0.1) is 0 Å². The molecule has 1 fully saturated rings. The molecule has 2 unspecified atom stereocenters. The molecule has 106 valence electrons. The van der Waals surface area contributed by atoms with Crippen molar-refractivity contribution in [2.75, 3.05) is 6.61 Å². The van der Waals surface area contributed by atoms with Crippen molar-refractivity contribution in [3.8, 4) is 0 Å². The second-order valence-corrected chi connectivity index (χ2v) is 5.22. The Hall–Kier alpha value is -0.570. The van der Waals surface area contributed by atoms with E-state index in [-0.39, 0.29) is 12.1 Å². The molecule has 0 aromatic heterocycles. The highest BCUT2D eigenvalue weighted by molar-refractivity contribution is 5.69. The molecule has 0 saturated carbocycles. The van der Waals surface area contributed by atoms with E-state index in [1.54, 1.807) is 0 Å². The molecule has 1 aliphatic heterocycles. The van der Waals surface area contributed by atoms with Gasteiger partial charge in [0, 0.05) is 6.42 Å². The maximum absolute atomic E-state index is 11.6. The van der Waals surface area contributed by atoms with Gasteiger partial charge in [-0.25, -0.2) is 0 Å². The van der Waals surface area contributed by atoms with Crippen LogP contribution >= 0.6 is 0 Å². The van der Waals surface area contributed by atoms with Gasteiger partial charge in [0.15, 0.2) is 0 Å². The van der Waals surface area contributed by atoms with Gasteiger partial charge in [-0.05, 0) is 25.7 Å². The molecule has 0 aromatic carbocycles. The van der Waals surface area contributed by atoms with Crippen molar-refractivity contribution in [2.24, 2.45) is 0 Å². The minimum absolute atomic E-state index is 0.0131. The predicted octanol–water partition coefficient (Wildman–Crippen LogP) is 3.85. The van der Waals surface area contributed by atoms with E-state index in [9.17, 15) is 4.79 Å². The largest absolute Gasteiger partial charge is 0.462 e. The first-order valence-corrected chi connectivity index (χ1v) is 7.57. The Morgan fingerprint density at radius 3 is 2.61 bits per heavy atom. The van der Waals surface area contributed by atoms with Crippen molar-refractivity contribution < 1.29 is 14.3 Å². The van der Waals surface area contributed by atoms with Crippen LogP contribution in [0.25, 0.3) is 0 Å². The number of carbonyl (C=O) groups is 1. The summed E-state index contributed by atoms with van der Waals surface area (Å²) in [5.41, 5.74) is 0. The monoisotopic (exact) mass is 256 g/mol. The summed E-state index contributed by atoms with van der Waals surface area (Å²) in [6, 6.07) is 0. The van der Waals surface area contributed by atoms with Crippen LogP contribution in [-0.4, -0.2) is 24.8 Å². The van der Waals surface area contributed by atoms with E-state index in [1.807, 2.05) is 0 Å². The van der Waals surface area contributed by atoms with Crippen molar-refractivity contribution in [3.63, 3.8) is 0 Å². The van der Waals surface area contributed by atoms with Crippen LogP contribution in [-0.2, 0) is 14.3 Å². The Morgan fingerprint density at radius 2 is 2.00 bits per heavy atom. The van der Waals surface area contributed by atoms with Gasteiger partial charge in [0.25, 0.3) is 0 Å². The number of esters is 1. The van der Waals surface area contributed by atoms with E-state index in [1.165, 1.54) is 19.3 Å². The Labute approximate surface area is 111 Å². The number of ether oxygens (including phenoxy) is 2. The lowest BCUT2D eigenvalue weighted by atomic mass is 10.1. The summed E-state index contributed by atoms with van der Waals surface area (Å²) in [5, 5.41) is 0. The summed E-state index contributed by atoms with van der Waals surface area (Å²) in [7, 11) is 0. The Kier molecular flexibility index (Phi) is 8.06. The standard InChI is InChI=1S/C15H28O3/c1-3-9-13(4-2)18-15(16)11-8-6-5-7-10-14-12-17-14/h13-14H,3-12H2,1-2H3. The van der Waals surface area contributed by atoms with E-state index >= 15 is 0 Å². The molecule has 1 saturated heterocycles. The lowest BCUT2D eigenvalue weighted by Crippen LogP contribution is -2.16. The smallest absolute Gasteiger partial charge is 0.306 e. The minimum atomic E-state index is -0.0131. The first-order chi connectivity index (χ1) is 8.76. The van der Waals surface area contributed by atoms with Gasteiger partial charge in [-0.2, -0.15) is 0 Å². The highest BCUT2D eigenvalue weighted by Crippen LogP contribution is 2.18. The molecule has 1 rings (SSSR count). The van der Waals surface area contributed by atoms with Gasteiger partial charge in [0.05, 0.1) is 12.7 Å². The van der Waals surface area contributed by atoms with E-state index < -0.39 is 0 Å². The summed E-state index contributed by atoms with van der Waals surface area (Å²) < 4.78 is 10.6. The zero-order valence-corrected chi connectivity index (χ0v) is 12.0. The molecule has 3 nitrogen and oxygen atoms in total. The fourth-order valence-electron chi connectivity index (χ4n) is 2.14. The highest BCUT2D eigenvalue weighted by atomic mass is 16.6. The maximum atomic E-state index is 11.6. The molecule has 1 aliphatic rings. The van der Waals surface area contributed by atoms with Crippen molar-refractivity contribution >= 4 is 5.97 Å². The van der Waals surface area contributed by atoms with E-state index in [0.29, 0.717) is 12.5 Å². The molecule has 18 heavy (non-hydrogen) atoms. The zero-order valence-electron chi connectivity index (χ0n) is 12.0. The molecule has 3 heteroatoms. The molecule has 2 atom stereocenters. The summed E-state index contributed by atoms with van der Waals surface area (Å²) >= 11 is 0. The number of hydrogen-bond donors (Lipinski definition) is 0. The SMILES string of the molecule is CCCC(CC)OC(=O)CCCCCCC1CO1. The predicted molar refractivity (Wildman–Crippen MR) is 72.5 cm³/mol. The number of unbranched alkanes of at least 4 members (excludes halogenated alkanes) is 3.